The molecule has 1 unspecified atom stereocenters. The predicted octanol–water partition coefficient (Wildman–Crippen LogP) is -5.09. The maximum absolute atomic E-state index is 9.45. The Morgan fingerprint density at radius 3 is 1.50 bits per heavy atom. The molecule has 1 atom stereocenters. The SMILES string of the molecule is CC(O)C(=O)O.[K+].[O]=[Mn](=[O])(=[O])[O-]. The number of carbonyl (C=O) groups is 1. The fourth-order valence-electron chi connectivity index (χ4n) is 0. The molecule has 0 saturated heterocycles. The molecule has 0 rings (SSSR count). The minimum atomic E-state index is -5.62. The number of rotatable bonds is 1. The van der Waals surface area contributed by atoms with Crippen LogP contribution in [0.25, 0.3) is 0 Å². The van der Waals surface area contributed by atoms with Gasteiger partial charge in [-0.3, -0.25) is 0 Å². The summed E-state index contributed by atoms with van der Waals surface area (Å²) in [7, 11) is 0. The summed E-state index contributed by atoms with van der Waals surface area (Å²) < 4.78 is 34.3. The minimum absolute atomic E-state index is 0. The molecule has 0 fully saturated rings. The van der Waals surface area contributed by atoms with E-state index >= 15 is 0 Å². The van der Waals surface area contributed by atoms with Crippen LogP contribution in [0.3, 0.4) is 0 Å². The van der Waals surface area contributed by atoms with E-state index in [1.807, 2.05) is 0 Å². The molecular weight excluding hydrogens is 242 g/mol. The topological polar surface area (TPSA) is 132 Å². The standard InChI is InChI=1S/C3H6O3.K.Mn.4O/c1-2(4)3(5)6;;;;;;/h2,4H,1H3,(H,5,6);;;;;;/q;+1;;;;;-1. The molecule has 2 N–H and O–H groups in total. The molecule has 0 aliphatic rings. The van der Waals surface area contributed by atoms with Gasteiger partial charge >= 0.3 is 86.0 Å². The Balaban J connectivity index is -0.000000126. The van der Waals surface area contributed by atoms with Gasteiger partial charge in [0.1, 0.15) is 6.10 Å². The second-order valence-corrected chi connectivity index (χ2v) is 2.57. The molecule has 0 aromatic heterocycles. The maximum atomic E-state index is 9.45. The molecular formula is C3H6KMnO7. The molecule has 0 amide bonds. The normalized spacial score (nSPS) is 11.6. The fraction of sp³-hybridized carbons (Fsp3) is 0.667. The van der Waals surface area contributed by atoms with Crippen LogP contribution in [0, 0.1) is 0 Å². The van der Waals surface area contributed by atoms with E-state index in [4.69, 9.17) is 25.9 Å². The summed E-state index contributed by atoms with van der Waals surface area (Å²) in [5, 5.41) is 15.8. The van der Waals surface area contributed by atoms with Crippen molar-refractivity contribution in [3.8, 4) is 0 Å². The third-order valence-electron chi connectivity index (χ3n) is 0.357. The van der Waals surface area contributed by atoms with Crippen LogP contribution in [0.1, 0.15) is 6.92 Å². The summed E-state index contributed by atoms with van der Waals surface area (Å²) in [5.41, 5.74) is 0. The van der Waals surface area contributed by atoms with Gasteiger partial charge in [-0.25, -0.2) is 4.79 Å². The summed E-state index contributed by atoms with van der Waals surface area (Å²) in [5.74, 6) is -1.19. The molecule has 0 bridgehead atoms. The van der Waals surface area contributed by atoms with Crippen LogP contribution in [0.15, 0.2) is 0 Å². The van der Waals surface area contributed by atoms with Crippen LogP contribution in [0.5, 0.6) is 0 Å². The molecule has 68 valence electrons. The van der Waals surface area contributed by atoms with Gasteiger partial charge in [-0.05, 0) is 6.92 Å². The first kappa shape index (κ1) is 18.7. The Kier molecular flexibility index (Phi) is 13.3. The van der Waals surface area contributed by atoms with E-state index in [1.165, 1.54) is 6.92 Å². The Labute approximate surface area is 112 Å². The first-order valence-corrected chi connectivity index (χ1v) is 4.10. The predicted molar refractivity (Wildman–Crippen MR) is 21.4 cm³/mol. The molecule has 9 heteroatoms. The van der Waals surface area contributed by atoms with Crippen LogP contribution in [0.4, 0.5) is 0 Å². The number of hydrogen-bond acceptors (Lipinski definition) is 6. The third-order valence-corrected chi connectivity index (χ3v) is 0.357. The number of carboxylic acid groups (broad SMARTS) is 1. The van der Waals surface area contributed by atoms with Crippen LogP contribution in [-0.2, 0) is 29.3 Å². The van der Waals surface area contributed by atoms with Crippen molar-refractivity contribution in [2.75, 3.05) is 0 Å². The molecule has 12 heavy (non-hydrogen) atoms. The summed E-state index contributed by atoms with van der Waals surface area (Å²) in [4.78, 5) is 9.45. The molecule has 7 nitrogen and oxygen atoms in total. The fourth-order valence-corrected chi connectivity index (χ4v) is 0. The van der Waals surface area contributed by atoms with Gasteiger partial charge in [0, 0.05) is 0 Å². The quantitative estimate of drug-likeness (QED) is 0.443. The van der Waals surface area contributed by atoms with Crippen molar-refractivity contribution in [2.24, 2.45) is 0 Å². The van der Waals surface area contributed by atoms with Gasteiger partial charge in [-0.2, -0.15) is 0 Å². The van der Waals surface area contributed by atoms with Gasteiger partial charge < -0.3 is 10.2 Å². The van der Waals surface area contributed by atoms with E-state index < -0.39 is 25.0 Å². The number of hydrogen-bond donors (Lipinski definition) is 2. The van der Waals surface area contributed by atoms with Crippen molar-refractivity contribution in [2.45, 2.75) is 13.0 Å². The van der Waals surface area contributed by atoms with Gasteiger partial charge in [-0.15, -0.1) is 0 Å². The van der Waals surface area contributed by atoms with Crippen LogP contribution < -0.4 is 55.6 Å². The van der Waals surface area contributed by atoms with E-state index in [0.717, 1.165) is 0 Å². The average molecular weight is 248 g/mol. The first-order chi connectivity index (χ1) is 4.64. The second kappa shape index (κ2) is 8.54. The number of carboxylic acids is 1. The third kappa shape index (κ3) is 44.3. The number of aliphatic carboxylic acids is 1. The van der Waals surface area contributed by atoms with Gasteiger partial charge in [0.15, 0.2) is 0 Å². The molecule has 0 radical (unpaired) electrons. The Morgan fingerprint density at radius 2 is 1.50 bits per heavy atom. The van der Waals surface area contributed by atoms with Crippen molar-refractivity contribution in [1.29, 1.82) is 0 Å². The van der Waals surface area contributed by atoms with Gasteiger partial charge in [0.25, 0.3) is 0 Å². The Bertz CT molecular complexity index is 244. The molecule has 0 aliphatic carbocycles. The average Bonchev–Trinajstić information content (AvgIpc) is 1.59. The number of aliphatic hydroxyl groups excluding tert-OH is 1. The molecule has 0 spiro atoms. The van der Waals surface area contributed by atoms with Gasteiger partial charge in [0.2, 0.25) is 0 Å². The van der Waals surface area contributed by atoms with Crippen LogP contribution in [-0.4, -0.2) is 22.3 Å². The zero-order chi connectivity index (χ0) is 9.65. The van der Waals surface area contributed by atoms with Crippen molar-refractivity contribution >= 4 is 5.97 Å². The van der Waals surface area contributed by atoms with Crippen molar-refractivity contribution in [3.05, 3.63) is 0 Å². The molecule has 0 saturated carbocycles. The molecule has 0 aromatic carbocycles. The molecule has 0 aromatic rings. The summed E-state index contributed by atoms with van der Waals surface area (Å²) in [6.45, 7) is 1.20. The first-order valence-electron chi connectivity index (χ1n) is 2.17. The van der Waals surface area contributed by atoms with Crippen molar-refractivity contribution < 1.29 is 95.1 Å². The summed E-state index contributed by atoms with van der Waals surface area (Å²) in [6.07, 6.45) is -1.23. The second-order valence-electron chi connectivity index (χ2n) is 1.39. The van der Waals surface area contributed by atoms with Gasteiger partial charge in [0.05, 0.1) is 0 Å². The summed E-state index contributed by atoms with van der Waals surface area (Å²) >= 11 is -5.62. The summed E-state index contributed by atoms with van der Waals surface area (Å²) in [6, 6.07) is 0. The zero-order valence-corrected chi connectivity index (χ0v) is 10.7. The van der Waals surface area contributed by atoms with Crippen molar-refractivity contribution in [3.63, 3.8) is 0 Å². The van der Waals surface area contributed by atoms with Crippen LogP contribution in [0.2, 0.25) is 0 Å². The van der Waals surface area contributed by atoms with E-state index in [0.29, 0.717) is 0 Å². The van der Waals surface area contributed by atoms with E-state index in [-0.39, 0.29) is 51.4 Å². The zero-order valence-electron chi connectivity index (χ0n) is 6.39. The van der Waals surface area contributed by atoms with Crippen molar-refractivity contribution in [1.82, 2.24) is 0 Å². The van der Waals surface area contributed by atoms with Gasteiger partial charge in [-0.1, -0.05) is 0 Å². The monoisotopic (exact) mass is 248 g/mol. The Hall–Kier alpha value is 0.946. The van der Waals surface area contributed by atoms with E-state index in [9.17, 15) is 4.79 Å². The Morgan fingerprint density at radius 1 is 1.42 bits per heavy atom. The van der Waals surface area contributed by atoms with Crippen LogP contribution >= 0.6 is 0 Å². The molecule has 0 aliphatic heterocycles. The number of aliphatic hydroxyl groups is 1. The molecule has 0 heterocycles. The van der Waals surface area contributed by atoms with E-state index in [1.54, 1.807) is 0 Å². The van der Waals surface area contributed by atoms with E-state index in [2.05, 4.69) is 0 Å².